The van der Waals surface area contributed by atoms with Crippen molar-refractivity contribution in [2.45, 2.75) is 31.3 Å². The normalized spacial score (nSPS) is 25.0. The summed E-state index contributed by atoms with van der Waals surface area (Å²) in [5.74, 6) is 0. The Hall–Kier alpha value is -2.09. The number of amides is 1. The number of nitrogens with one attached hydrogen (secondary N) is 2. The van der Waals surface area contributed by atoms with Gasteiger partial charge in [0.25, 0.3) is 0 Å². The molecule has 1 aliphatic rings. The van der Waals surface area contributed by atoms with Crippen LogP contribution in [-0.4, -0.2) is 35.2 Å². The number of halogens is 1. The first-order valence-electron chi connectivity index (χ1n) is 6.75. The van der Waals surface area contributed by atoms with Crippen LogP contribution in [0.25, 0.3) is 0 Å². The van der Waals surface area contributed by atoms with E-state index < -0.39 is 17.0 Å². The highest BCUT2D eigenvalue weighted by molar-refractivity contribution is 6.29. The molecule has 0 bridgehead atoms. The minimum Gasteiger partial charge on any atom is -0.453 e. The minimum absolute atomic E-state index is 0.135. The van der Waals surface area contributed by atoms with Gasteiger partial charge in [-0.1, -0.05) is 11.6 Å². The number of methoxy groups -OCH3 is 1. The van der Waals surface area contributed by atoms with E-state index in [1.54, 1.807) is 0 Å². The first kappa shape index (κ1) is 13.9. The molecule has 1 aliphatic carbocycles. The maximum absolute atomic E-state index is 11.2. The Morgan fingerprint density at radius 3 is 3.10 bits per heavy atom. The number of anilines is 1. The molecule has 0 saturated heterocycles. The van der Waals surface area contributed by atoms with Crippen LogP contribution in [0.15, 0.2) is 12.3 Å². The second-order valence-corrected chi connectivity index (χ2v) is 4.97. The van der Waals surface area contributed by atoms with Gasteiger partial charge in [0.2, 0.25) is 0 Å². The number of hydrogen-bond acceptors (Lipinski definition) is 6. The summed E-state index contributed by atoms with van der Waals surface area (Å²) >= 11 is 5.77. The Bertz CT molecular complexity index is 602. The van der Waals surface area contributed by atoms with Gasteiger partial charge in [0, 0.05) is 18.1 Å². The third kappa shape index (κ3) is 3.94. The summed E-state index contributed by atoms with van der Waals surface area (Å²) in [5, 5.41) is 16.6. The molecule has 114 valence electrons. The molecule has 9 heteroatoms. The number of alkyl carbamates (subject to hydrolysis) is 1. The molecule has 21 heavy (non-hydrogen) atoms. The van der Waals surface area contributed by atoms with Crippen LogP contribution in [0, 0.1) is 10.1 Å². The summed E-state index contributed by atoms with van der Waals surface area (Å²) < 4.78 is 12.7. The fraction of sp³-hybridized carbons (Fsp3) is 0.500. The van der Waals surface area contributed by atoms with Crippen LogP contribution >= 0.6 is 11.6 Å². The van der Waals surface area contributed by atoms with Crippen molar-refractivity contribution in [2.75, 3.05) is 12.4 Å². The second kappa shape index (κ2) is 6.57. The van der Waals surface area contributed by atoms with Gasteiger partial charge in [0.1, 0.15) is 17.0 Å². The monoisotopic (exact) mass is 315 g/mol. The molecular formula is C12H15ClN4O4. The summed E-state index contributed by atoms with van der Waals surface area (Å²) in [5.41, 5.74) is 0.0603. The van der Waals surface area contributed by atoms with Crippen molar-refractivity contribution in [3.63, 3.8) is 0 Å². The van der Waals surface area contributed by atoms with Gasteiger partial charge in [-0.05, 0) is 19.3 Å². The van der Waals surface area contributed by atoms with Crippen molar-refractivity contribution < 1.29 is 15.8 Å². The van der Waals surface area contributed by atoms with Crippen LogP contribution in [0.2, 0.25) is 5.15 Å². The number of pyridine rings is 1. The molecule has 2 atom stereocenters. The fourth-order valence-electron chi connectivity index (χ4n) is 2.19. The lowest BCUT2D eigenvalue weighted by atomic mass is 10.2. The van der Waals surface area contributed by atoms with Crippen molar-refractivity contribution in [1.29, 1.82) is 0 Å². The maximum Gasteiger partial charge on any atom is 0.407 e. The molecule has 2 rings (SSSR count). The topological polar surface area (TPSA) is 106 Å². The van der Waals surface area contributed by atoms with Crippen molar-refractivity contribution in [1.82, 2.24) is 10.3 Å². The second-order valence-electron chi connectivity index (χ2n) is 4.59. The van der Waals surface area contributed by atoms with Crippen molar-refractivity contribution in [3.8, 4) is 0 Å². The number of nitro groups is 1. The zero-order valence-corrected chi connectivity index (χ0v) is 12.0. The van der Waals surface area contributed by atoms with E-state index in [2.05, 4.69) is 20.4 Å². The molecule has 0 spiro atoms. The predicted octanol–water partition coefficient (Wildman–Crippen LogP) is 2.33. The molecule has 8 nitrogen and oxygen atoms in total. The Morgan fingerprint density at radius 2 is 2.43 bits per heavy atom. The summed E-state index contributed by atoms with van der Waals surface area (Å²) in [4.78, 5) is 25.4. The number of ether oxygens (including phenoxy) is 1. The largest absolute Gasteiger partial charge is 0.453 e. The maximum atomic E-state index is 11.2. The summed E-state index contributed by atoms with van der Waals surface area (Å²) in [6.45, 7) is 0. The summed E-state index contributed by atoms with van der Waals surface area (Å²) in [7, 11) is 1.23. The van der Waals surface area contributed by atoms with Gasteiger partial charge in [-0.2, -0.15) is 0 Å². The van der Waals surface area contributed by atoms with Crippen LogP contribution in [0.4, 0.5) is 16.2 Å². The fourth-order valence-corrected chi connectivity index (χ4v) is 2.34. The Balaban J connectivity index is 2.08. The van der Waals surface area contributed by atoms with E-state index in [1.807, 2.05) is 0 Å². The molecule has 1 amide bonds. The van der Waals surface area contributed by atoms with E-state index >= 15 is 0 Å². The number of carbonyl (C=O) groups is 1. The summed E-state index contributed by atoms with van der Waals surface area (Å²) in [6.07, 6.45) is 1.68. The molecule has 1 heterocycles. The van der Waals surface area contributed by atoms with Gasteiger partial charge in [0.05, 0.1) is 13.4 Å². The standard InChI is InChI=1S/C12H15ClN4O4/c1-21-12(18)16-8-3-2-7(4-8)15-9-5-11(13)14-6-10(9)17(19)20/h5-8H,2-4H2,1H3,(H,14,15)(H,16,18)/t7-,8-/m1/s1/i8D. The zero-order chi connectivity index (χ0) is 16.3. The van der Waals surface area contributed by atoms with E-state index in [4.69, 9.17) is 13.0 Å². The number of rotatable bonds is 4. The minimum atomic E-state index is -1.16. The Labute approximate surface area is 127 Å². The molecule has 0 aromatic carbocycles. The van der Waals surface area contributed by atoms with E-state index in [0.717, 1.165) is 6.20 Å². The molecular weight excluding hydrogens is 300 g/mol. The van der Waals surface area contributed by atoms with E-state index in [9.17, 15) is 14.9 Å². The van der Waals surface area contributed by atoms with Gasteiger partial charge in [-0.15, -0.1) is 0 Å². The molecule has 0 aliphatic heterocycles. The highest BCUT2D eigenvalue weighted by Crippen LogP contribution is 2.30. The highest BCUT2D eigenvalue weighted by Gasteiger charge is 2.28. The molecule has 0 radical (unpaired) electrons. The number of carbonyl (C=O) groups excluding carboxylic acids is 1. The summed E-state index contributed by atoms with van der Waals surface area (Å²) in [6, 6.07) is 0.0140. The third-order valence-electron chi connectivity index (χ3n) is 3.16. The van der Waals surface area contributed by atoms with Gasteiger partial charge in [-0.25, -0.2) is 9.78 Å². The van der Waals surface area contributed by atoms with E-state index in [-0.39, 0.29) is 22.6 Å². The molecule has 1 aromatic rings. The molecule has 1 saturated carbocycles. The van der Waals surface area contributed by atoms with Crippen LogP contribution in [0.1, 0.15) is 20.6 Å². The predicted molar refractivity (Wildman–Crippen MR) is 76.5 cm³/mol. The third-order valence-corrected chi connectivity index (χ3v) is 3.36. The van der Waals surface area contributed by atoms with Crippen LogP contribution in [-0.2, 0) is 4.74 Å². The lowest BCUT2D eigenvalue weighted by molar-refractivity contribution is -0.384. The lowest BCUT2D eigenvalue weighted by Crippen LogP contribution is -2.33. The molecule has 0 unspecified atom stereocenters. The number of nitrogens with zero attached hydrogens (tertiary/aromatic N) is 2. The van der Waals surface area contributed by atoms with Crippen LogP contribution in [0.3, 0.4) is 0 Å². The Morgan fingerprint density at radius 1 is 1.67 bits per heavy atom. The van der Waals surface area contributed by atoms with E-state index in [0.29, 0.717) is 19.3 Å². The van der Waals surface area contributed by atoms with Gasteiger partial charge in [-0.3, -0.25) is 10.1 Å². The van der Waals surface area contributed by atoms with Crippen molar-refractivity contribution >= 4 is 29.1 Å². The number of hydrogen-bond donors (Lipinski definition) is 2. The average molecular weight is 316 g/mol. The Kier molecular flexibility index (Phi) is 4.34. The van der Waals surface area contributed by atoms with Gasteiger partial charge < -0.3 is 15.4 Å². The van der Waals surface area contributed by atoms with Crippen molar-refractivity contribution in [3.05, 3.63) is 27.5 Å². The first-order valence-corrected chi connectivity index (χ1v) is 6.63. The van der Waals surface area contributed by atoms with Crippen LogP contribution in [0.5, 0.6) is 0 Å². The number of aromatic nitrogens is 1. The van der Waals surface area contributed by atoms with E-state index in [1.165, 1.54) is 13.2 Å². The van der Waals surface area contributed by atoms with Crippen molar-refractivity contribution in [2.24, 2.45) is 0 Å². The van der Waals surface area contributed by atoms with Gasteiger partial charge >= 0.3 is 11.8 Å². The molecule has 2 N–H and O–H groups in total. The molecule has 1 fully saturated rings. The smallest absolute Gasteiger partial charge is 0.407 e. The quantitative estimate of drug-likeness (QED) is 0.502. The van der Waals surface area contributed by atoms with Gasteiger partial charge in [0.15, 0.2) is 0 Å². The lowest BCUT2D eigenvalue weighted by Gasteiger charge is -2.15. The van der Waals surface area contributed by atoms with Crippen LogP contribution < -0.4 is 10.6 Å². The average Bonchev–Trinajstić information content (AvgIpc) is 2.79. The molecule has 1 aromatic heterocycles. The first-order chi connectivity index (χ1) is 10.3. The highest BCUT2D eigenvalue weighted by atomic mass is 35.5. The SMILES string of the molecule is [2H][C@@]1(NC(=O)OC)CC[C@@H](Nc2cc(Cl)ncc2[N+](=O)[O-])C1. The zero-order valence-electron chi connectivity index (χ0n) is 12.3.